The fourth-order valence-corrected chi connectivity index (χ4v) is 8.28. The van der Waals surface area contributed by atoms with Crippen LogP contribution in [-0.4, -0.2) is 87.2 Å². The standard InChI is InChI=1S/C33H33F3N8O2S/c1-4-24(45)43-13-18(3)44(14-17(43)2)30-22-10-19(12-37)25(21-6-7-23(35)29-28(21)39-31(38)47-29)26(36)27(22)40-32(41-30)46-16-33-8-5-9-42(33)15-20(34)11-33/h4,6-7,10,17-18,20H,1,5,8-9,11,13-16H2,2-3H3,(H2,38,39). The van der Waals surface area contributed by atoms with E-state index >= 15 is 4.39 Å². The van der Waals surface area contributed by atoms with E-state index in [1.165, 1.54) is 24.3 Å². The molecule has 0 aliphatic carbocycles. The third-order valence-corrected chi connectivity index (χ3v) is 10.6. The van der Waals surface area contributed by atoms with Crippen molar-refractivity contribution in [2.45, 2.75) is 56.9 Å². The summed E-state index contributed by atoms with van der Waals surface area (Å²) in [6, 6.07) is 5.62. The molecule has 2 aromatic carbocycles. The molecule has 0 bridgehead atoms. The number of aromatic nitrogens is 3. The molecule has 14 heteroatoms. The summed E-state index contributed by atoms with van der Waals surface area (Å²) in [7, 11) is 0. The SMILES string of the molecule is C=CC(=O)N1CC(C)N(c2nc(OCC34CCCN3CC(F)C4)nc3c(F)c(-c4ccc(F)c5sc(N)nc45)c(C#N)cc23)CC1C. The van der Waals surface area contributed by atoms with Crippen LogP contribution in [0.4, 0.5) is 24.1 Å². The zero-order valence-corrected chi connectivity index (χ0v) is 26.8. The number of thiazole rings is 1. The van der Waals surface area contributed by atoms with E-state index in [1.54, 1.807) is 4.90 Å². The van der Waals surface area contributed by atoms with E-state index in [9.17, 15) is 18.8 Å². The molecule has 4 unspecified atom stereocenters. The molecule has 0 spiro atoms. The Morgan fingerprint density at radius 3 is 2.79 bits per heavy atom. The number of piperazine rings is 1. The summed E-state index contributed by atoms with van der Waals surface area (Å²) in [5.74, 6) is -1.23. The molecule has 3 fully saturated rings. The summed E-state index contributed by atoms with van der Waals surface area (Å²) in [5, 5.41) is 10.7. The number of halogens is 3. The van der Waals surface area contributed by atoms with Crippen LogP contribution in [0.1, 0.15) is 38.7 Å². The first-order valence-corrected chi connectivity index (χ1v) is 16.4. The number of rotatable bonds is 6. The summed E-state index contributed by atoms with van der Waals surface area (Å²) in [5.41, 5.74) is 5.54. The van der Waals surface area contributed by atoms with Crippen molar-refractivity contribution in [2.75, 3.05) is 43.4 Å². The van der Waals surface area contributed by atoms with E-state index in [2.05, 4.69) is 27.5 Å². The van der Waals surface area contributed by atoms with Crippen molar-refractivity contribution in [3.8, 4) is 23.2 Å². The molecule has 4 atom stereocenters. The van der Waals surface area contributed by atoms with E-state index in [4.69, 9.17) is 15.5 Å². The second kappa shape index (κ2) is 11.6. The fraction of sp³-hybridized carbons (Fsp3) is 0.424. The maximum Gasteiger partial charge on any atom is 0.319 e. The van der Waals surface area contributed by atoms with Crippen molar-refractivity contribution in [2.24, 2.45) is 0 Å². The van der Waals surface area contributed by atoms with Gasteiger partial charge in [0.2, 0.25) is 5.91 Å². The average Bonchev–Trinajstić information content (AvgIpc) is 3.72. The number of benzene rings is 2. The summed E-state index contributed by atoms with van der Waals surface area (Å²) in [6.07, 6.45) is 2.34. The van der Waals surface area contributed by atoms with Gasteiger partial charge in [-0.05, 0) is 57.5 Å². The Morgan fingerprint density at radius 2 is 2.02 bits per heavy atom. The maximum atomic E-state index is 17.0. The number of carbonyl (C=O) groups is 1. The highest BCUT2D eigenvalue weighted by atomic mass is 32.1. The number of nitrogens with zero attached hydrogens (tertiary/aromatic N) is 7. The molecule has 2 N–H and O–H groups in total. The normalized spacial score (nSPS) is 24.6. The quantitative estimate of drug-likeness (QED) is 0.277. The molecule has 4 aromatic rings. The van der Waals surface area contributed by atoms with Gasteiger partial charge in [0, 0.05) is 54.7 Å². The molecule has 10 nitrogen and oxygen atoms in total. The van der Waals surface area contributed by atoms with Crippen LogP contribution in [0.15, 0.2) is 30.9 Å². The van der Waals surface area contributed by atoms with Crippen molar-refractivity contribution in [1.82, 2.24) is 24.8 Å². The van der Waals surface area contributed by atoms with Crippen LogP contribution >= 0.6 is 11.3 Å². The number of nitrogen functional groups attached to an aromatic ring is 1. The Balaban J connectivity index is 1.39. The summed E-state index contributed by atoms with van der Waals surface area (Å²) >= 11 is 0.933. The molecule has 244 valence electrons. The number of carbonyl (C=O) groups excluding carboxylic acids is 1. The molecule has 3 saturated heterocycles. The third kappa shape index (κ3) is 5.12. The first-order valence-electron chi connectivity index (χ1n) is 15.5. The minimum Gasteiger partial charge on any atom is -0.461 e. The lowest BCUT2D eigenvalue weighted by molar-refractivity contribution is -0.128. The van der Waals surface area contributed by atoms with Gasteiger partial charge in [-0.1, -0.05) is 17.9 Å². The lowest BCUT2D eigenvalue weighted by Crippen LogP contribution is -2.58. The topological polar surface area (TPSA) is 124 Å². The number of amides is 1. The van der Waals surface area contributed by atoms with E-state index in [-0.39, 0.29) is 73.5 Å². The Labute approximate surface area is 273 Å². The van der Waals surface area contributed by atoms with Gasteiger partial charge in [-0.2, -0.15) is 15.2 Å². The molecule has 2 aromatic heterocycles. The van der Waals surface area contributed by atoms with Gasteiger partial charge in [-0.25, -0.2) is 18.2 Å². The predicted octanol–water partition coefficient (Wildman–Crippen LogP) is 5.21. The van der Waals surface area contributed by atoms with Gasteiger partial charge in [0.05, 0.1) is 27.4 Å². The van der Waals surface area contributed by atoms with Gasteiger partial charge in [-0.3, -0.25) is 9.69 Å². The zero-order chi connectivity index (χ0) is 33.2. The van der Waals surface area contributed by atoms with Gasteiger partial charge in [-0.15, -0.1) is 0 Å². The predicted molar refractivity (Wildman–Crippen MR) is 174 cm³/mol. The van der Waals surface area contributed by atoms with Crippen LogP contribution in [0.3, 0.4) is 0 Å². The Hall–Kier alpha value is -4.48. The Bertz CT molecular complexity index is 1980. The van der Waals surface area contributed by atoms with Gasteiger partial charge in [0.1, 0.15) is 29.9 Å². The smallest absolute Gasteiger partial charge is 0.319 e. The number of alkyl halides is 1. The van der Waals surface area contributed by atoms with Crippen LogP contribution in [0, 0.1) is 23.0 Å². The van der Waals surface area contributed by atoms with Crippen LogP contribution < -0.4 is 15.4 Å². The minimum absolute atomic E-state index is 0.0189. The van der Waals surface area contributed by atoms with Crippen molar-refractivity contribution in [3.63, 3.8) is 0 Å². The van der Waals surface area contributed by atoms with E-state index < -0.39 is 23.3 Å². The molecule has 0 radical (unpaired) electrons. The van der Waals surface area contributed by atoms with E-state index in [0.29, 0.717) is 31.9 Å². The second-order valence-corrected chi connectivity index (χ2v) is 13.7. The highest BCUT2D eigenvalue weighted by Gasteiger charge is 2.49. The number of nitrogens with two attached hydrogens (primary N) is 1. The van der Waals surface area contributed by atoms with Gasteiger partial charge in [0.25, 0.3) is 0 Å². The molecule has 3 aliphatic rings. The highest BCUT2D eigenvalue weighted by Crippen LogP contribution is 2.43. The number of anilines is 2. The molecule has 3 aliphatic heterocycles. The first kappa shape index (κ1) is 31.1. The van der Waals surface area contributed by atoms with Gasteiger partial charge < -0.3 is 20.3 Å². The number of hydrogen-bond donors (Lipinski definition) is 1. The molecule has 7 rings (SSSR count). The van der Waals surface area contributed by atoms with Crippen molar-refractivity contribution < 1.29 is 22.7 Å². The third-order valence-electron chi connectivity index (χ3n) is 9.74. The average molecular weight is 663 g/mol. The monoisotopic (exact) mass is 662 g/mol. The van der Waals surface area contributed by atoms with Crippen LogP contribution in [0.2, 0.25) is 0 Å². The molecule has 0 saturated carbocycles. The van der Waals surface area contributed by atoms with Crippen molar-refractivity contribution >= 4 is 49.3 Å². The number of fused-ring (bicyclic) bond motifs is 3. The summed E-state index contributed by atoms with van der Waals surface area (Å²) in [6.45, 7) is 9.42. The lowest BCUT2D eigenvalue weighted by Gasteiger charge is -2.44. The largest absolute Gasteiger partial charge is 0.461 e. The molecule has 47 heavy (non-hydrogen) atoms. The highest BCUT2D eigenvalue weighted by molar-refractivity contribution is 7.22. The minimum atomic E-state index is -0.958. The molecular formula is C33H33F3N8O2S. The zero-order valence-electron chi connectivity index (χ0n) is 26.0. The van der Waals surface area contributed by atoms with Gasteiger partial charge >= 0.3 is 6.01 Å². The maximum absolute atomic E-state index is 17.0. The summed E-state index contributed by atoms with van der Waals surface area (Å²) < 4.78 is 52.6. The Kier molecular flexibility index (Phi) is 7.71. The van der Waals surface area contributed by atoms with E-state index in [0.717, 1.165) is 30.7 Å². The lowest BCUT2D eigenvalue weighted by atomic mass is 9.95. The number of nitriles is 1. The van der Waals surface area contributed by atoms with Crippen molar-refractivity contribution in [1.29, 1.82) is 5.26 Å². The number of hydrogen-bond acceptors (Lipinski definition) is 10. The summed E-state index contributed by atoms with van der Waals surface area (Å²) in [4.78, 5) is 31.9. The second-order valence-electron chi connectivity index (χ2n) is 12.7. The molecular weight excluding hydrogens is 629 g/mol. The molecule has 1 amide bonds. The first-order chi connectivity index (χ1) is 22.5. The van der Waals surface area contributed by atoms with Gasteiger partial charge in [0.15, 0.2) is 10.9 Å². The fourth-order valence-electron chi connectivity index (χ4n) is 7.51. The van der Waals surface area contributed by atoms with Crippen LogP contribution in [-0.2, 0) is 4.79 Å². The number of ether oxygens (including phenoxy) is 1. The van der Waals surface area contributed by atoms with Crippen LogP contribution in [0.25, 0.3) is 32.2 Å². The van der Waals surface area contributed by atoms with Crippen molar-refractivity contribution in [3.05, 3.63) is 48.1 Å². The Morgan fingerprint density at radius 1 is 1.21 bits per heavy atom. The van der Waals surface area contributed by atoms with E-state index in [1.807, 2.05) is 18.7 Å². The van der Waals surface area contributed by atoms with Crippen LogP contribution in [0.5, 0.6) is 6.01 Å². The molecule has 5 heterocycles.